The first kappa shape index (κ1) is 18.9. The number of nitrogens with one attached hydrogen (secondary N) is 1. The Morgan fingerprint density at radius 3 is 2.37 bits per heavy atom. The molecule has 0 aliphatic carbocycles. The normalized spacial score (nSPS) is 10.4. The summed E-state index contributed by atoms with van der Waals surface area (Å²) >= 11 is 3.40. The number of hydrogen-bond acceptors (Lipinski definition) is 4. The summed E-state index contributed by atoms with van der Waals surface area (Å²) < 4.78 is 12.2. The summed E-state index contributed by atoms with van der Waals surface area (Å²) in [6.45, 7) is 1.67. The number of benzene rings is 2. The van der Waals surface area contributed by atoms with Crippen LogP contribution in [-0.2, 0) is 11.3 Å². The van der Waals surface area contributed by atoms with Crippen LogP contribution in [0.1, 0.15) is 23.0 Å². The van der Waals surface area contributed by atoms with Crippen LogP contribution in [-0.4, -0.2) is 18.3 Å². The number of Topliss-reactive ketones (excluding diaryl/α,β-unsaturated/α-hetero) is 1. The van der Waals surface area contributed by atoms with Crippen molar-refractivity contribution in [3.8, 4) is 17.1 Å². The first-order valence-electron chi connectivity index (χ1n) is 8.36. The molecule has 0 spiro atoms. The molecule has 1 amide bonds. The highest BCUT2D eigenvalue weighted by Crippen LogP contribution is 2.23. The number of halogens is 1. The zero-order valence-corrected chi connectivity index (χ0v) is 16.3. The van der Waals surface area contributed by atoms with E-state index in [1.165, 1.54) is 6.92 Å². The molecule has 2 aromatic carbocycles. The van der Waals surface area contributed by atoms with Gasteiger partial charge in [0.15, 0.2) is 12.4 Å². The molecule has 6 heteroatoms. The zero-order chi connectivity index (χ0) is 19.2. The molecule has 3 rings (SSSR count). The molecule has 0 radical (unpaired) electrons. The van der Waals surface area contributed by atoms with Gasteiger partial charge in [-0.15, -0.1) is 0 Å². The maximum Gasteiger partial charge on any atom is 0.258 e. The minimum atomic E-state index is -0.257. The van der Waals surface area contributed by atoms with Gasteiger partial charge < -0.3 is 14.5 Å². The molecule has 0 atom stereocenters. The third-order valence-electron chi connectivity index (χ3n) is 3.88. The smallest absolute Gasteiger partial charge is 0.258 e. The van der Waals surface area contributed by atoms with Gasteiger partial charge in [-0.1, -0.05) is 28.1 Å². The van der Waals surface area contributed by atoms with Crippen molar-refractivity contribution in [2.45, 2.75) is 13.5 Å². The first-order chi connectivity index (χ1) is 13.0. The molecule has 0 aliphatic heterocycles. The largest absolute Gasteiger partial charge is 0.484 e. The van der Waals surface area contributed by atoms with Crippen LogP contribution in [0.25, 0.3) is 11.3 Å². The first-order valence-corrected chi connectivity index (χ1v) is 9.16. The van der Waals surface area contributed by atoms with Gasteiger partial charge in [0.2, 0.25) is 0 Å². The van der Waals surface area contributed by atoms with Crippen molar-refractivity contribution in [3.05, 3.63) is 76.5 Å². The second-order valence-electron chi connectivity index (χ2n) is 5.92. The van der Waals surface area contributed by atoms with E-state index in [1.54, 1.807) is 24.3 Å². The average Bonchev–Trinajstić information content (AvgIpc) is 3.14. The summed E-state index contributed by atoms with van der Waals surface area (Å²) in [5.74, 6) is 1.67. The lowest BCUT2D eigenvalue weighted by Gasteiger charge is -2.07. The number of carbonyl (C=O) groups is 2. The Kier molecular flexibility index (Phi) is 6.08. The molecular weight excluding hydrogens is 410 g/mol. The van der Waals surface area contributed by atoms with Crippen LogP contribution in [0.15, 0.2) is 69.6 Å². The number of ether oxygens (including phenoxy) is 1. The summed E-state index contributed by atoms with van der Waals surface area (Å²) in [6, 6.07) is 18.2. The SMILES string of the molecule is CC(=O)c1ccc(OCC(=O)NCc2ccc(-c3ccc(Br)cc3)o2)cc1. The summed E-state index contributed by atoms with van der Waals surface area (Å²) in [7, 11) is 0. The minimum Gasteiger partial charge on any atom is -0.484 e. The summed E-state index contributed by atoms with van der Waals surface area (Å²) in [5, 5.41) is 2.75. The minimum absolute atomic E-state index is 0.0137. The van der Waals surface area contributed by atoms with Gasteiger partial charge in [-0.2, -0.15) is 0 Å². The highest BCUT2D eigenvalue weighted by Gasteiger charge is 2.08. The predicted octanol–water partition coefficient (Wildman–Crippen LogP) is 4.61. The van der Waals surface area contributed by atoms with Gasteiger partial charge in [0.25, 0.3) is 5.91 Å². The Bertz CT molecular complexity index is 930. The Morgan fingerprint density at radius 1 is 1.00 bits per heavy atom. The lowest BCUT2D eigenvalue weighted by molar-refractivity contribution is -0.123. The molecular formula is C21H18BrNO4. The molecule has 5 nitrogen and oxygen atoms in total. The van der Waals surface area contributed by atoms with Crippen LogP contribution in [0.5, 0.6) is 5.75 Å². The summed E-state index contributed by atoms with van der Waals surface area (Å²) in [5.41, 5.74) is 1.57. The van der Waals surface area contributed by atoms with Gasteiger partial charge in [-0.3, -0.25) is 9.59 Å². The van der Waals surface area contributed by atoms with E-state index in [9.17, 15) is 9.59 Å². The predicted molar refractivity (Wildman–Crippen MR) is 106 cm³/mol. The summed E-state index contributed by atoms with van der Waals surface area (Å²) in [6.07, 6.45) is 0. The third-order valence-corrected chi connectivity index (χ3v) is 4.41. The van der Waals surface area contributed by atoms with Crippen LogP contribution < -0.4 is 10.1 Å². The Labute approximate surface area is 165 Å². The number of amides is 1. The third kappa shape index (κ3) is 5.31. The van der Waals surface area contributed by atoms with Crippen molar-refractivity contribution < 1.29 is 18.7 Å². The zero-order valence-electron chi connectivity index (χ0n) is 14.7. The quantitative estimate of drug-likeness (QED) is 0.559. The van der Waals surface area contributed by atoms with Crippen LogP contribution in [0, 0.1) is 0 Å². The average molecular weight is 428 g/mol. The van der Waals surface area contributed by atoms with E-state index in [4.69, 9.17) is 9.15 Å². The molecule has 0 saturated carbocycles. The number of ketones is 1. The fourth-order valence-electron chi connectivity index (χ4n) is 2.41. The van der Waals surface area contributed by atoms with Gasteiger partial charge in [0, 0.05) is 15.6 Å². The van der Waals surface area contributed by atoms with E-state index in [2.05, 4.69) is 21.2 Å². The fraction of sp³-hybridized carbons (Fsp3) is 0.143. The van der Waals surface area contributed by atoms with Gasteiger partial charge in [0.05, 0.1) is 6.54 Å². The van der Waals surface area contributed by atoms with Gasteiger partial charge in [-0.05, 0) is 55.5 Å². The molecule has 0 bridgehead atoms. The van der Waals surface area contributed by atoms with Crippen LogP contribution in [0.3, 0.4) is 0 Å². The number of carbonyl (C=O) groups excluding carboxylic acids is 2. The lowest BCUT2D eigenvalue weighted by Crippen LogP contribution is -2.28. The van der Waals surface area contributed by atoms with Crippen LogP contribution in [0.2, 0.25) is 0 Å². The molecule has 3 aromatic rings. The number of furan rings is 1. The highest BCUT2D eigenvalue weighted by atomic mass is 79.9. The molecule has 1 N–H and O–H groups in total. The maximum atomic E-state index is 11.9. The van der Waals surface area contributed by atoms with Crippen molar-refractivity contribution >= 4 is 27.6 Å². The van der Waals surface area contributed by atoms with E-state index in [0.717, 1.165) is 15.8 Å². The van der Waals surface area contributed by atoms with Crippen molar-refractivity contribution in [1.82, 2.24) is 5.32 Å². The Hall–Kier alpha value is -2.86. The van der Waals surface area contributed by atoms with Gasteiger partial charge in [0.1, 0.15) is 17.3 Å². The van der Waals surface area contributed by atoms with E-state index < -0.39 is 0 Å². The summed E-state index contributed by atoms with van der Waals surface area (Å²) in [4.78, 5) is 23.2. The van der Waals surface area contributed by atoms with E-state index >= 15 is 0 Å². The van der Waals surface area contributed by atoms with Gasteiger partial charge >= 0.3 is 0 Å². The van der Waals surface area contributed by atoms with Crippen molar-refractivity contribution in [1.29, 1.82) is 0 Å². The molecule has 0 fully saturated rings. The molecule has 0 aliphatic rings. The van der Waals surface area contributed by atoms with E-state index in [0.29, 0.717) is 17.1 Å². The number of rotatable bonds is 7. The molecule has 27 heavy (non-hydrogen) atoms. The van der Waals surface area contributed by atoms with Gasteiger partial charge in [-0.25, -0.2) is 0 Å². The van der Waals surface area contributed by atoms with E-state index in [1.807, 2.05) is 36.4 Å². The lowest BCUT2D eigenvalue weighted by atomic mass is 10.1. The van der Waals surface area contributed by atoms with Crippen molar-refractivity contribution in [3.63, 3.8) is 0 Å². The standard InChI is InChI=1S/C21H18BrNO4/c1-14(24)15-4-8-18(9-5-15)26-13-21(25)23-12-19-10-11-20(27-19)16-2-6-17(22)7-3-16/h2-11H,12-13H2,1H3,(H,23,25). The molecule has 1 heterocycles. The Morgan fingerprint density at radius 2 is 1.70 bits per heavy atom. The van der Waals surface area contributed by atoms with Crippen LogP contribution in [0.4, 0.5) is 0 Å². The molecule has 138 valence electrons. The number of hydrogen-bond donors (Lipinski definition) is 1. The molecule has 0 saturated heterocycles. The second kappa shape index (κ2) is 8.68. The van der Waals surface area contributed by atoms with Crippen molar-refractivity contribution in [2.24, 2.45) is 0 Å². The maximum absolute atomic E-state index is 11.9. The van der Waals surface area contributed by atoms with E-state index in [-0.39, 0.29) is 24.8 Å². The van der Waals surface area contributed by atoms with Crippen molar-refractivity contribution in [2.75, 3.05) is 6.61 Å². The van der Waals surface area contributed by atoms with Crippen LogP contribution >= 0.6 is 15.9 Å². The molecule has 1 aromatic heterocycles. The topological polar surface area (TPSA) is 68.5 Å². The monoisotopic (exact) mass is 427 g/mol. The fourth-order valence-corrected chi connectivity index (χ4v) is 2.68. The highest BCUT2D eigenvalue weighted by molar-refractivity contribution is 9.10. The Balaban J connectivity index is 1.48. The second-order valence-corrected chi connectivity index (χ2v) is 6.83. The molecule has 0 unspecified atom stereocenters.